The van der Waals surface area contributed by atoms with Gasteiger partial charge in [0.2, 0.25) is 0 Å². The number of esters is 1. The number of halogens is 4. The van der Waals surface area contributed by atoms with E-state index < -0.39 is 11.8 Å². The fourth-order valence-electron chi connectivity index (χ4n) is 1.67. The third-order valence-electron chi connectivity index (χ3n) is 2.60. The van der Waals surface area contributed by atoms with Gasteiger partial charge in [0.15, 0.2) is 10.8 Å². The number of anilines is 2. The van der Waals surface area contributed by atoms with E-state index in [4.69, 9.17) is 39.5 Å². The summed E-state index contributed by atoms with van der Waals surface area (Å²) in [7, 11) is 0. The van der Waals surface area contributed by atoms with Crippen molar-refractivity contribution in [3.63, 3.8) is 0 Å². The van der Waals surface area contributed by atoms with Crippen LogP contribution in [0.3, 0.4) is 0 Å². The molecule has 1 aromatic carbocycles. The lowest BCUT2D eigenvalue weighted by Crippen LogP contribution is -2.10. The highest BCUT2D eigenvalue weighted by molar-refractivity contribution is 6.46. The molecule has 22 heavy (non-hydrogen) atoms. The molecule has 0 saturated heterocycles. The lowest BCUT2D eigenvalue weighted by molar-refractivity contribution is 0.0520. The van der Waals surface area contributed by atoms with Gasteiger partial charge in [0.25, 0.3) is 0 Å². The molecule has 0 unspecified atom stereocenters. The molecule has 1 N–H and O–H groups in total. The van der Waals surface area contributed by atoms with Crippen LogP contribution in [-0.2, 0) is 4.74 Å². The van der Waals surface area contributed by atoms with E-state index in [-0.39, 0.29) is 33.2 Å². The molecule has 4 nitrogen and oxygen atoms in total. The van der Waals surface area contributed by atoms with Gasteiger partial charge in [-0.1, -0.05) is 40.9 Å². The van der Waals surface area contributed by atoms with Gasteiger partial charge in [-0.2, -0.15) is 0 Å². The van der Waals surface area contributed by atoms with E-state index in [2.05, 4.69) is 10.3 Å². The Morgan fingerprint density at radius 3 is 2.68 bits per heavy atom. The number of carbonyl (C=O) groups excluding carboxylic acids is 1. The molecule has 0 aliphatic rings. The van der Waals surface area contributed by atoms with E-state index in [1.165, 1.54) is 18.2 Å². The molecular formula is C14H10Cl3FN2O2. The van der Waals surface area contributed by atoms with Crippen molar-refractivity contribution in [1.82, 2.24) is 4.98 Å². The van der Waals surface area contributed by atoms with Crippen LogP contribution >= 0.6 is 34.8 Å². The normalized spacial score (nSPS) is 10.4. The first kappa shape index (κ1) is 16.8. The molecule has 0 atom stereocenters. The van der Waals surface area contributed by atoms with Gasteiger partial charge in [-0.3, -0.25) is 0 Å². The fraction of sp³-hybridized carbons (Fsp3) is 0.143. The third kappa shape index (κ3) is 3.61. The van der Waals surface area contributed by atoms with Gasteiger partial charge < -0.3 is 10.1 Å². The zero-order valence-electron chi connectivity index (χ0n) is 11.3. The summed E-state index contributed by atoms with van der Waals surface area (Å²) in [6.45, 7) is 1.80. The van der Waals surface area contributed by atoms with E-state index in [1.54, 1.807) is 13.0 Å². The van der Waals surface area contributed by atoms with Gasteiger partial charge in [-0.15, -0.1) is 0 Å². The summed E-state index contributed by atoms with van der Waals surface area (Å²) in [5, 5.41) is 2.67. The summed E-state index contributed by atoms with van der Waals surface area (Å²) in [5.74, 6) is -1.17. The summed E-state index contributed by atoms with van der Waals surface area (Å²) in [5.41, 5.74) is 0.370. The Kier molecular flexibility index (Phi) is 5.45. The number of pyridine rings is 1. The summed E-state index contributed by atoms with van der Waals surface area (Å²) in [4.78, 5) is 15.7. The van der Waals surface area contributed by atoms with E-state index in [9.17, 15) is 9.18 Å². The monoisotopic (exact) mass is 362 g/mol. The Labute approximate surface area is 141 Å². The standard InChI is InChI=1S/C14H10Cl3FN2O2/c1-2-22-14(21)12-9(15)11(10(16)13(17)20-12)19-8-5-3-4-7(18)6-8/h3-6H,2H2,1H3,(H,19,20). The Morgan fingerprint density at radius 2 is 2.05 bits per heavy atom. The predicted molar refractivity (Wildman–Crippen MR) is 84.9 cm³/mol. The Morgan fingerprint density at radius 1 is 1.32 bits per heavy atom. The molecule has 2 rings (SSSR count). The number of nitrogens with one attached hydrogen (secondary N) is 1. The highest BCUT2D eigenvalue weighted by Gasteiger charge is 2.22. The van der Waals surface area contributed by atoms with E-state index >= 15 is 0 Å². The molecule has 0 spiro atoms. The largest absolute Gasteiger partial charge is 0.461 e. The minimum Gasteiger partial charge on any atom is -0.461 e. The maximum atomic E-state index is 13.2. The van der Waals surface area contributed by atoms with Crippen LogP contribution in [0.25, 0.3) is 0 Å². The lowest BCUT2D eigenvalue weighted by Gasteiger charge is -2.14. The number of ether oxygens (including phenoxy) is 1. The minimum absolute atomic E-state index is 0.0176. The van der Waals surface area contributed by atoms with Gasteiger partial charge >= 0.3 is 5.97 Å². The predicted octanol–water partition coefficient (Wildman–Crippen LogP) is 5.10. The van der Waals surface area contributed by atoms with Crippen LogP contribution in [0.5, 0.6) is 0 Å². The van der Waals surface area contributed by atoms with Crippen LogP contribution in [0, 0.1) is 5.82 Å². The SMILES string of the molecule is CCOC(=O)c1nc(Cl)c(Cl)c(Nc2cccc(F)c2)c1Cl. The van der Waals surface area contributed by atoms with Crippen molar-refractivity contribution in [2.75, 3.05) is 11.9 Å². The molecule has 1 aromatic heterocycles. The zero-order valence-corrected chi connectivity index (χ0v) is 13.6. The Bertz CT molecular complexity index is 725. The molecule has 8 heteroatoms. The van der Waals surface area contributed by atoms with E-state index in [1.807, 2.05) is 0 Å². The van der Waals surface area contributed by atoms with Crippen molar-refractivity contribution in [3.05, 3.63) is 51.0 Å². The maximum absolute atomic E-state index is 13.2. The zero-order chi connectivity index (χ0) is 16.3. The summed E-state index contributed by atoms with van der Waals surface area (Å²) >= 11 is 18.1. The lowest BCUT2D eigenvalue weighted by atomic mass is 10.2. The van der Waals surface area contributed by atoms with Gasteiger partial charge in [-0.25, -0.2) is 14.2 Å². The molecule has 0 aliphatic carbocycles. The summed E-state index contributed by atoms with van der Waals surface area (Å²) < 4.78 is 18.1. The van der Waals surface area contributed by atoms with Crippen LogP contribution in [0.1, 0.15) is 17.4 Å². The van der Waals surface area contributed by atoms with Crippen LogP contribution in [0.15, 0.2) is 24.3 Å². The molecule has 0 aliphatic heterocycles. The third-order valence-corrected chi connectivity index (χ3v) is 3.71. The molecule has 1 heterocycles. The van der Waals surface area contributed by atoms with Crippen LogP contribution in [0.2, 0.25) is 15.2 Å². The number of carbonyl (C=O) groups is 1. The minimum atomic E-state index is -0.728. The number of rotatable bonds is 4. The van der Waals surface area contributed by atoms with Gasteiger partial charge in [0.1, 0.15) is 10.8 Å². The van der Waals surface area contributed by atoms with Crippen molar-refractivity contribution in [3.8, 4) is 0 Å². The fourth-order valence-corrected chi connectivity index (χ4v) is 2.34. The number of benzene rings is 1. The van der Waals surface area contributed by atoms with Crippen molar-refractivity contribution >= 4 is 52.1 Å². The molecule has 2 aromatic rings. The summed E-state index contributed by atoms with van der Waals surface area (Å²) in [6.07, 6.45) is 0. The molecule has 0 bridgehead atoms. The topological polar surface area (TPSA) is 51.2 Å². The highest BCUT2D eigenvalue weighted by Crippen LogP contribution is 2.38. The van der Waals surface area contributed by atoms with Gasteiger partial charge in [-0.05, 0) is 25.1 Å². The van der Waals surface area contributed by atoms with Crippen LogP contribution < -0.4 is 5.32 Å². The first-order valence-corrected chi connectivity index (χ1v) is 7.31. The number of hydrogen-bond acceptors (Lipinski definition) is 4. The Hall–Kier alpha value is -1.56. The van der Waals surface area contributed by atoms with Crippen molar-refractivity contribution in [2.45, 2.75) is 6.92 Å². The second kappa shape index (κ2) is 7.13. The quantitative estimate of drug-likeness (QED) is 0.606. The number of nitrogens with zero attached hydrogens (tertiary/aromatic N) is 1. The number of hydrogen-bond donors (Lipinski definition) is 1. The van der Waals surface area contributed by atoms with Crippen LogP contribution in [0.4, 0.5) is 15.8 Å². The maximum Gasteiger partial charge on any atom is 0.358 e. The first-order valence-electron chi connectivity index (χ1n) is 6.18. The van der Waals surface area contributed by atoms with E-state index in [0.717, 1.165) is 0 Å². The molecule has 116 valence electrons. The second-order valence-corrected chi connectivity index (χ2v) is 5.22. The molecule has 0 amide bonds. The molecular weight excluding hydrogens is 354 g/mol. The van der Waals surface area contributed by atoms with Crippen molar-refractivity contribution in [1.29, 1.82) is 0 Å². The highest BCUT2D eigenvalue weighted by atomic mass is 35.5. The van der Waals surface area contributed by atoms with Crippen molar-refractivity contribution in [2.24, 2.45) is 0 Å². The van der Waals surface area contributed by atoms with Crippen LogP contribution in [-0.4, -0.2) is 17.6 Å². The van der Waals surface area contributed by atoms with E-state index in [0.29, 0.717) is 5.69 Å². The first-order chi connectivity index (χ1) is 10.4. The molecule has 0 fully saturated rings. The average molecular weight is 364 g/mol. The Balaban J connectivity index is 2.48. The smallest absolute Gasteiger partial charge is 0.358 e. The molecule has 0 radical (unpaired) electrons. The van der Waals surface area contributed by atoms with Gasteiger partial charge in [0, 0.05) is 5.69 Å². The van der Waals surface area contributed by atoms with Gasteiger partial charge in [0.05, 0.1) is 17.3 Å². The second-order valence-electron chi connectivity index (χ2n) is 4.11. The summed E-state index contributed by atoms with van der Waals surface area (Å²) in [6, 6.07) is 5.64. The molecule has 0 saturated carbocycles. The van der Waals surface area contributed by atoms with Crippen molar-refractivity contribution < 1.29 is 13.9 Å². The average Bonchev–Trinajstić information content (AvgIpc) is 2.47. The number of aromatic nitrogens is 1.